The Morgan fingerprint density at radius 1 is 1.08 bits per heavy atom. The fourth-order valence-corrected chi connectivity index (χ4v) is 0. The third kappa shape index (κ3) is 64.0. The van der Waals surface area contributed by atoms with Gasteiger partial charge >= 0.3 is 21.1 Å². The van der Waals surface area contributed by atoms with Crippen molar-refractivity contribution in [3.8, 4) is 0 Å². The van der Waals surface area contributed by atoms with Crippen molar-refractivity contribution in [2.24, 2.45) is 5.41 Å². The molecule has 0 aliphatic heterocycles. The van der Waals surface area contributed by atoms with Crippen LogP contribution in [0, 0.1) is 19.3 Å². The minimum atomic E-state index is 0. The van der Waals surface area contributed by atoms with Gasteiger partial charge in [-0.1, -0.05) is 41.5 Å². The average Bonchev–Trinajstić information content (AvgIpc) is 1.67. The van der Waals surface area contributed by atoms with Crippen LogP contribution in [-0.4, -0.2) is 0 Å². The van der Waals surface area contributed by atoms with Crippen LogP contribution in [0.25, 0.3) is 0 Å². The molecule has 0 heterocycles. The second-order valence-corrected chi connectivity index (χ2v) is 3.27. The summed E-state index contributed by atoms with van der Waals surface area (Å²) in [7, 11) is 0. The van der Waals surface area contributed by atoms with E-state index >= 15 is 0 Å². The first-order chi connectivity index (χ1) is 3.97. The van der Waals surface area contributed by atoms with Crippen LogP contribution in [-0.2, 0) is 42.1 Å². The largest absolute Gasteiger partial charge is 2.00 e. The van der Waals surface area contributed by atoms with Gasteiger partial charge in [-0.3, -0.25) is 0 Å². The van der Waals surface area contributed by atoms with E-state index in [-0.39, 0.29) is 49.6 Å². The van der Waals surface area contributed by atoms with Crippen molar-refractivity contribution in [1.82, 2.24) is 0 Å². The van der Waals surface area contributed by atoms with Crippen LogP contribution in [0.4, 0.5) is 0 Å². The van der Waals surface area contributed by atoms with Crippen LogP contribution in [0.3, 0.4) is 0 Å². The Kier molecular flexibility index (Phi) is 44.3. The summed E-state index contributed by atoms with van der Waals surface area (Å²) in [6.45, 7) is 15.7. The molecular weight excluding hydrogens is 488 g/mol. The van der Waals surface area contributed by atoms with E-state index < -0.39 is 0 Å². The minimum Gasteiger partial charge on any atom is -0.372 e. The molecular formula is C10H24W2. The maximum atomic E-state index is 3.38. The summed E-state index contributed by atoms with van der Waals surface area (Å²) in [6, 6.07) is 0. The van der Waals surface area contributed by atoms with Crippen LogP contribution in [0.15, 0.2) is 0 Å². The van der Waals surface area contributed by atoms with Gasteiger partial charge in [0.1, 0.15) is 0 Å². The zero-order valence-corrected chi connectivity index (χ0v) is 14.0. The Labute approximate surface area is 109 Å². The summed E-state index contributed by atoms with van der Waals surface area (Å²) in [6.07, 6.45) is 2.02. The van der Waals surface area contributed by atoms with E-state index in [1.165, 1.54) is 6.42 Å². The molecule has 0 rings (SSSR count). The van der Waals surface area contributed by atoms with Crippen molar-refractivity contribution in [3.05, 3.63) is 13.8 Å². The third-order valence-corrected chi connectivity index (χ3v) is 1.06. The Hall–Kier alpha value is 1.38. The van der Waals surface area contributed by atoms with Gasteiger partial charge in [-0.05, 0) is 5.41 Å². The van der Waals surface area contributed by atoms with E-state index in [0.717, 1.165) is 6.42 Å². The van der Waals surface area contributed by atoms with Gasteiger partial charge < -0.3 is 20.3 Å². The predicted molar refractivity (Wildman–Crippen MR) is 51.8 cm³/mol. The minimum absolute atomic E-state index is 0. The Morgan fingerprint density at radius 2 is 1.17 bits per heavy atom. The molecule has 0 bridgehead atoms. The van der Waals surface area contributed by atoms with Gasteiger partial charge in [-0.2, -0.15) is 0 Å². The quantitative estimate of drug-likeness (QED) is 0.429. The van der Waals surface area contributed by atoms with Crippen LogP contribution < -0.4 is 0 Å². The van der Waals surface area contributed by atoms with Crippen molar-refractivity contribution >= 4 is 0 Å². The Bertz CT molecular complexity index is 46.3. The van der Waals surface area contributed by atoms with E-state index in [2.05, 4.69) is 41.5 Å². The molecule has 12 heavy (non-hydrogen) atoms. The normalized spacial score (nSPS) is 7.50. The molecule has 0 aliphatic rings. The number of hydrogen-bond acceptors (Lipinski definition) is 0. The first-order valence-corrected chi connectivity index (χ1v) is 3.56. The molecule has 0 fully saturated rings. The summed E-state index contributed by atoms with van der Waals surface area (Å²) >= 11 is 0. The summed E-state index contributed by atoms with van der Waals surface area (Å²) in [4.78, 5) is 0. The van der Waals surface area contributed by atoms with E-state index in [0.29, 0.717) is 5.41 Å². The zero-order chi connectivity index (χ0) is 7.91. The maximum absolute atomic E-state index is 3.38. The average molecular weight is 512 g/mol. The third-order valence-electron chi connectivity index (χ3n) is 1.06. The second-order valence-electron chi connectivity index (χ2n) is 3.27. The fourth-order valence-electron chi connectivity index (χ4n) is 0. The molecule has 0 spiro atoms. The molecule has 0 aliphatic carbocycles. The van der Waals surface area contributed by atoms with Crippen molar-refractivity contribution in [2.45, 2.75) is 48.0 Å². The fraction of sp³-hybridized carbons (Fsp3) is 0.800. The van der Waals surface area contributed by atoms with Crippen molar-refractivity contribution in [1.29, 1.82) is 0 Å². The van der Waals surface area contributed by atoms with Crippen LogP contribution >= 0.6 is 0 Å². The smallest absolute Gasteiger partial charge is 0.372 e. The van der Waals surface area contributed by atoms with Crippen LogP contribution in [0.2, 0.25) is 0 Å². The topological polar surface area (TPSA) is 0 Å². The van der Waals surface area contributed by atoms with Gasteiger partial charge in [0, 0.05) is 21.1 Å². The summed E-state index contributed by atoms with van der Waals surface area (Å²) in [5.74, 6) is 0. The predicted octanol–water partition coefficient (Wildman–Crippen LogP) is 4.12. The molecule has 0 aromatic rings. The molecule has 76 valence electrons. The first kappa shape index (κ1) is 29.2. The SMILES string of the molecule is C.CCC(C)(C)C.[CH2-]C[CH2-].[W+2].[W]. The number of hydrogen-bond donors (Lipinski definition) is 0. The van der Waals surface area contributed by atoms with Crippen LogP contribution in [0.1, 0.15) is 48.0 Å². The maximum Gasteiger partial charge on any atom is 2.00 e. The summed E-state index contributed by atoms with van der Waals surface area (Å²) in [5, 5.41) is 0. The molecule has 0 atom stereocenters. The molecule has 0 amide bonds. The number of rotatable bonds is 0. The first-order valence-electron chi connectivity index (χ1n) is 3.56. The van der Waals surface area contributed by atoms with Crippen molar-refractivity contribution in [3.63, 3.8) is 0 Å². The molecule has 0 aromatic carbocycles. The van der Waals surface area contributed by atoms with E-state index in [9.17, 15) is 0 Å². The van der Waals surface area contributed by atoms with Crippen LogP contribution in [0.5, 0.6) is 0 Å². The standard InChI is InChI=1S/C6H14.C3H6.CH4.2W/c1-5-6(2,3)4;1-3-2;;;/h5H2,1-4H3;1-3H2;1H4;;/q;-2;;;+2. The Balaban J connectivity index is -0.0000000246. The second kappa shape index (κ2) is 18.2. The monoisotopic (exact) mass is 512 g/mol. The van der Waals surface area contributed by atoms with Gasteiger partial charge in [0.05, 0.1) is 0 Å². The molecule has 0 N–H and O–H groups in total. The van der Waals surface area contributed by atoms with E-state index in [4.69, 9.17) is 0 Å². The Morgan fingerprint density at radius 3 is 1.17 bits per heavy atom. The van der Waals surface area contributed by atoms with Gasteiger partial charge in [-0.25, -0.2) is 0 Å². The van der Waals surface area contributed by atoms with Crippen molar-refractivity contribution < 1.29 is 42.1 Å². The van der Waals surface area contributed by atoms with E-state index in [1.54, 1.807) is 0 Å². The molecule has 2 heteroatoms. The zero-order valence-electron chi connectivity index (χ0n) is 8.14. The van der Waals surface area contributed by atoms with E-state index in [1.807, 2.05) is 0 Å². The molecule has 0 saturated carbocycles. The molecule has 0 saturated heterocycles. The molecule has 0 radical (unpaired) electrons. The molecule has 0 aromatic heterocycles. The van der Waals surface area contributed by atoms with Gasteiger partial charge in [0.15, 0.2) is 0 Å². The molecule has 0 unspecified atom stereocenters. The van der Waals surface area contributed by atoms with Gasteiger partial charge in [-0.15, -0.1) is 0 Å². The van der Waals surface area contributed by atoms with Gasteiger partial charge in [0.2, 0.25) is 0 Å². The summed E-state index contributed by atoms with van der Waals surface area (Å²) < 4.78 is 0. The van der Waals surface area contributed by atoms with Gasteiger partial charge in [0.25, 0.3) is 0 Å². The van der Waals surface area contributed by atoms with Crippen molar-refractivity contribution in [2.75, 3.05) is 0 Å². The molecule has 0 nitrogen and oxygen atoms in total. The summed E-state index contributed by atoms with van der Waals surface area (Å²) in [5.41, 5.74) is 0.542.